The van der Waals surface area contributed by atoms with E-state index in [0.717, 1.165) is 22.6 Å². The molecule has 3 amide bonds. The largest absolute Gasteiger partial charge is 0.449 e. The number of amides is 3. The summed E-state index contributed by atoms with van der Waals surface area (Å²) >= 11 is 1.40. The lowest BCUT2D eigenvalue weighted by Crippen LogP contribution is -2.42. The Balaban J connectivity index is 1.64. The molecule has 1 aromatic heterocycles. The van der Waals surface area contributed by atoms with Crippen molar-refractivity contribution in [3.05, 3.63) is 77.3 Å². The molecule has 0 aliphatic carbocycles. The Morgan fingerprint density at radius 2 is 1.79 bits per heavy atom. The zero-order valence-corrected chi connectivity index (χ0v) is 18.9. The van der Waals surface area contributed by atoms with Crippen molar-refractivity contribution >= 4 is 34.3 Å². The second-order valence-corrected chi connectivity index (χ2v) is 7.99. The summed E-state index contributed by atoms with van der Waals surface area (Å²) in [6, 6.07) is 12.9. The van der Waals surface area contributed by atoms with Crippen molar-refractivity contribution in [3.63, 3.8) is 0 Å². The van der Waals surface area contributed by atoms with Crippen LogP contribution >= 0.6 is 11.3 Å². The van der Waals surface area contributed by atoms with E-state index in [2.05, 4.69) is 15.6 Å². The molecule has 0 bridgehead atoms. The van der Waals surface area contributed by atoms with Crippen molar-refractivity contribution in [3.8, 4) is 0 Å². The molecule has 2 N–H and O–H groups in total. The highest BCUT2D eigenvalue weighted by atomic mass is 32.1. The van der Waals surface area contributed by atoms with E-state index in [1.165, 1.54) is 23.5 Å². The summed E-state index contributed by atoms with van der Waals surface area (Å²) in [7, 11) is 0. The third-order valence-electron chi connectivity index (χ3n) is 4.67. The molecule has 0 aliphatic rings. The summed E-state index contributed by atoms with van der Waals surface area (Å²) in [6.45, 7) is 0.347. The number of hydrogen-bond acceptors (Lipinski definition) is 6. The van der Waals surface area contributed by atoms with Gasteiger partial charge in [-0.05, 0) is 24.1 Å². The van der Waals surface area contributed by atoms with Gasteiger partial charge in [0, 0.05) is 31.1 Å². The van der Waals surface area contributed by atoms with Gasteiger partial charge in [-0.1, -0.05) is 42.5 Å². The van der Waals surface area contributed by atoms with Crippen LogP contribution < -0.4 is 10.6 Å². The fourth-order valence-corrected chi connectivity index (χ4v) is 3.58. The van der Waals surface area contributed by atoms with Crippen LogP contribution in [-0.2, 0) is 17.3 Å². The summed E-state index contributed by atoms with van der Waals surface area (Å²) < 4.78 is 45.1. The van der Waals surface area contributed by atoms with E-state index in [1.54, 1.807) is 11.6 Å². The Hall–Kier alpha value is -3.60. The van der Waals surface area contributed by atoms with Crippen LogP contribution in [0.3, 0.4) is 0 Å². The average molecular weight is 493 g/mol. The molecular formula is C23H23F3N4O3S. The van der Waals surface area contributed by atoms with E-state index < -0.39 is 29.6 Å². The number of thiazole rings is 1. The number of nitrogens with zero attached hydrogens (tertiary/aromatic N) is 2. The smallest absolute Gasteiger partial charge is 0.418 e. The number of halogens is 3. The number of urea groups is 1. The molecule has 3 rings (SSSR count). The number of carbonyl (C=O) groups is 2. The van der Waals surface area contributed by atoms with Gasteiger partial charge in [-0.3, -0.25) is 0 Å². The summed E-state index contributed by atoms with van der Waals surface area (Å²) in [5.74, 6) is 0. The van der Waals surface area contributed by atoms with Crippen molar-refractivity contribution in [2.45, 2.75) is 19.0 Å². The quantitative estimate of drug-likeness (QED) is 0.365. The Kier molecular flexibility index (Phi) is 8.86. The first-order valence-corrected chi connectivity index (χ1v) is 11.3. The number of hydrogen-bond donors (Lipinski definition) is 2. The molecule has 7 nitrogen and oxygen atoms in total. The SMILES string of the molecule is O=C(Nc1ccccc1C(F)(F)F)N(CCCNc1nccs1)C(=O)OCCc1ccccc1. The molecule has 2 aromatic carbocycles. The van der Waals surface area contributed by atoms with Gasteiger partial charge in [-0.2, -0.15) is 13.2 Å². The molecule has 0 fully saturated rings. The molecule has 0 atom stereocenters. The van der Waals surface area contributed by atoms with Gasteiger partial charge in [-0.25, -0.2) is 19.5 Å². The van der Waals surface area contributed by atoms with E-state index in [0.29, 0.717) is 24.5 Å². The normalized spacial score (nSPS) is 11.0. The number of aromatic nitrogens is 1. The molecule has 0 saturated heterocycles. The average Bonchev–Trinajstić information content (AvgIpc) is 3.33. The number of carbonyl (C=O) groups excluding carboxylic acids is 2. The van der Waals surface area contributed by atoms with Gasteiger partial charge < -0.3 is 15.4 Å². The topological polar surface area (TPSA) is 83.6 Å². The standard InChI is InChI=1S/C23H23F3N4O3S/c24-23(25,26)18-9-4-5-10-19(18)29-21(31)30(14-6-12-27-20-28-13-16-34-20)22(32)33-15-11-17-7-2-1-3-8-17/h1-5,7-10,13,16H,6,11-12,14-15H2,(H,27,28)(H,29,31). The molecule has 0 unspecified atom stereocenters. The third-order valence-corrected chi connectivity index (χ3v) is 5.40. The van der Waals surface area contributed by atoms with Gasteiger partial charge in [-0.15, -0.1) is 11.3 Å². The van der Waals surface area contributed by atoms with Crippen LogP contribution in [0.2, 0.25) is 0 Å². The van der Waals surface area contributed by atoms with Crippen molar-refractivity contribution in [1.29, 1.82) is 0 Å². The van der Waals surface area contributed by atoms with Gasteiger partial charge in [0.1, 0.15) is 0 Å². The second-order valence-electron chi connectivity index (χ2n) is 7.09. The van der Waals surface area contributed by atoms with E-state index in [9.17, 15) is 22.8 Å². The van der Waals surface area contributed by atoms with Crippen molar-refractivity contribution in [2.24, 2.45) is 0 Å². The lowest BCUT2D eigenvalue weighted by Gasteiger charge is -2.22. The number of para-hydroxylation sites is 1. The fraction of sp³-hybridized carbons (Fsp3) is 0.261. The maximum absolute atomic E-state index is 13.3. The summed E-state index contributed by atoms with van der Waals surface area (Å²) in [5, 5.41) is 7.72. The van der Waals surface area contributed by atoms with E-state index in [-0.39, 0.29) is 13.2 Å². The zero-order valence-electron chi connectivity index (χ0n) is 18.0. The van der Waals surface area contributed by atoms with Gasteiger partial charge in [0.2, 0.25) is 0 Å². The molecule has 1 heterocycles. The Labute approximate surface area is 198 Å². The molecule has 11 heteroatoms. The first-order chi connectivity index (χ1) is 16.3. The highest BCUT2D eigenvalue weighted by molar-refractivity contribution is 7.13. The van der Waals surface area contributed by atoms with Crippen molar-refractivity contribution < 1.29 is 27.5 Å². The zero-order chi connectivity index (χ0) is 24.4. The second kappa shape index (κ2) is 12.0. The van der Waals surface area contributed by atoms with Crippen molar-refractivity contribution in [2.75, 3.05) is 30.3 Å². The van der Waals surface area contributed by atoms with Gasteiger partial charge in [0.05, 0.1) is 17.9 Å². The molecule has 3 aromatic rings. The number of rotatable bonds is 9. The van der Waals surface area contributed by atoms with Gasteiger partial charge in [0.15, 0.2) is 5.13 Å². The molecule has 0 aliphatic heterocycles. The Morgan fingerprint density at radius 3 is 2.50 bits per heavy atom. The summed E-state index contributed by atoms with van der Waals surface area (Å²) in [4.78, 5) is 30.3. The third kappa shape index (κ3) is 7.48. The maximum Gasteiger partial charge on any atom is 0.418 e. The van der Waals surface area contributed by atoms with Crippen LogP contribution in [0.1, 0.15) is 17.5 Å². The molecule has 0 radical (unpaired) electrons. The van der Waals surface area contributed by atoms with Crippen LogP contribution in [0, 0.1) is 0 Å². The molecule has 180 valence electrons. The van der Waals surface area contributed by atoms with Crippen LogP contribution in [-0.4, -0.2) is 41.7 Å². The maximum atomic E-state index is 13.3. The number of alkyl halides is 3. The molecular weight excluding hydrogens is 469 g/mol. The minimum atomic E-state index is -4.66. The van der Waals surface area contributed by atoms with Crippen LogP contribution in [0.25, 0.3) is 0 Å². The van der Waals surface area contributed by atoms with Crippen LogP contribution in [0.15, 0.2) is 66.2 Å². The number of ether oxygens (including phenoxy) is 1. The van der Waals surface area contributed by atoms with Crippen molar-refractivity contribution in [1.82, 2.24) is 9.88 Å². The first-order valence-electron chi connectivity index (χ1n) is 10.4. The highest BCUT2D eigenvalue weighted by Gasteiger charge is 2.34. The number of imide groups is 1. The van der Waals surface area contributed by atoms with E-state index in [4.69, 9.17) is 4.74 Å². The highest BCUT2D eigenvalue weighted by Crippen LogP contribution is 2.34. The van der Waals surface area contributed by atoms with Gasteiger partial charge in [0.25, 0.3) is 0 Å². The fourth-order valence-electron chi connectivity index (χ4n) is 3.02. The number of anilines is 2. The predicted octanol–water partition coefficient (Wildman–Crippen LogP) is 5.88. The van der Waals surface area contributed by atoms with Crippen LogP contribution in [0.5, 0.6) is 0 Å². The Bertz CT molecular complexity index is 1060. The Morgan fingerprint density at radius 1 is 1.06 bits per heavy atom. The minimum absolute atomic E-state index is 0.0170. The molecule has 0 saturated carbocycles. The first kappa shape index (κ1) is 25.0. The summed E-state index contributed by atoms with van der Waals surface area (Å²) in [6.07, 6.45) is -3.20. The lowest BCUT2D eigenvalue weighted by molar-refractivity contribution is -0.136. The minimum Gasteiger partial charge on any atom is -0.449 e. The van der Waals surface area contributed by atoms with E-state index in [1.807, 2.05) is 30.3 Å². The number of benzene rings is 2. The molecule has 0 spiro atoms. The monoisotopic (exact) mass is 492 g/mol. The number of nitrogens with one attached hydrogen (secondary N) is 2. The predicted molar refractivity (Wildman–Crippen MR) is 124 cm³/mol. The van der Waals surface area contributed by atoms with Crippen LogP contribution in [0.4, 0.5) is 33.6 Å². The van der Waals surface area contributed by atoms with Gasteiger partial charge >= 0.3 is 18.3 Å². The lowest BCUT2D eigenvalue weighted by atomic mass is 10.1. The summed E-state index contributed by atoms with van der Waals surface area (Å²) in [5.41, 5.74) is -0.507. The molecule has 34 heavy (non-hydrogen) atoms. The van der Waals surface area contributed by atoms with E-state index >= 15 is 0 Å².